The van der Waals surface area contributed by atoms with Crippen molar-refractivity contribution in [1.82, 2.24) is 4.90 Å². The Morgan fingerprint density at radius 2 is 1.80 bits per heavy atom. The molecule has 1 saturated heterocycles. The van der Waals surface area contributed by atoms with Gasteiger partial charge in [-0.2, -0.15) is 0 Å². The van der Waals surface area contributed by atoms with Gasteiger partial charge in [-0.15, -0.1) is 11.3 Å². The predicted octanol–water partition coefficient (Wildman–Crippen LogP) is 3.57. The van der Waals surface area contributed by atoms with Crippen LogP contribution in [0.25, 0.3) is 0 Å². The van der Waals surface area contributed by atoms with E-state index in [1.165, 1.54) is 11.3 Å². The highest BCUT2D eigenvalue weighted by Gasteiger charge is 2.23. The Hall–Kier alpha value is -1.28. The molecule has 5 nitrogen and oxygen atoms in total. The number of benzene rings is 1. The van der Waals surface area contributed by atoms with E-state index in [1.807, 2.05) is 19.9 Å². The van der Waals surface area contributed by atoms with Gasteiger partial charge in [-0.1, -0.05) is 11.6 Å². The average molecular weight is 400 g/mol. The summed E-state index contributed by atoms with van der Waals surface area (Å²) in [6.45, 7) is 7.32. The molecule has 0 aliphatic carbocycles. The fourth-order valence-corrected chi connectivity index (χ4v) is 5.78. The normalized spacial score (nSPS) is 16.2. The number of hydrogen-bond acceptors (Lipinski definition) is 5. The lowest BCUT2D eigenvalue weighted by molar-refractivity contribution is 0.313. The molecule has 1 aromatic heterocycles. The van der Waals surface area contributed by atoms with E-state index in [9.17, 15) is 8.42 Å². The van der Waals surface area contributed by atoms with E-state index < -0.39 is 10.0 Å². The van der Waals surface area contributed by atoms with Crippen LogP contribution in [0.5, 0.6) is 0 Å². The molecule has 8 heteroatoms. The largest absolute Gasteiger partial charge is 0.367 e. The van der Waals surface area contributed by atoms with Crippen molar-refractivity contribution in [2.75, 3.05) is 42.8 Å². The number of hydrogen-bond donors (Lipinski definition) is 1. The highest BCUT2D eigenvalue weighted by molar-refractivity contribution is 7.93. The van der Waals surface area contributed by atoms with Crippen LogP contribution < -0.4 is 9.62 Å². The Morgan fingerprint density at radius 3 is 2.40 bits per heavy atom. The Kier molecular flexibility index (Phi) is 5.29. The number of aryl methyl sites for hydroxylation is 2. The molecule has 0 bridgehead atoms. The van der Waals surface area contributed by atoms with Gasteiger partial charge in [-0.3, -0.25) is 4.72 Å². The Bertz CT molecular complexity index is 872. The zero-order valence-electron chi connectivity index (χ0n) is 14.5. The zero-order valence-corrected chi connectivity index (χ0v) is 16.9. The van der Waals surface area contributed by atoms with Gasteiger partial charge in [0, 0.05) is 41.0 Å². The Balaban J connectivity index is 1.94. The lowest BCUT2D eigenvalue weighted by Gasteiger charge is -2.35. The van der Waals surface area contributed by atoms with Crippen LogP contribution in [0.1, 0.15) is 9.75 Å². The first kappa shape index (κ1) is 18.5. The third kappa shape index (κ3) is 4.11. The van der Waals surface area contributed by atoms with Gasteiger partial charge < -0.3 is 9.80 Å². The number of rotatable bonds is 4. The molecule has 3 rings (SSSR count). The number of nitrogens with one attached hydrogen (secondary N) is 1. The molecule has 0 radical (unpaired) electrons. The van der Waals surface area contributed by atoms with Crippen LogP contribution in [0.3, 0.4) is 0 Å². The van der Waals surface area contributed by atoms with Gasteiger partial charge >= 0.3 is 0 Å². The minimum atomic E-state index is -3.65. The molecule has 0 spiro atoms. The Morgan fingerprint density at radius 1 is 1.12 bits per heavy atom. The lowest BCUT2D eigenvalue weighted by atomic mass is 10.2. The van der Waals surface area contributed by atoms with Crippen molar-refractivity contribution in [1.29, 1.82) is 0 Å². The van der Waals surface area contributed by atoms with E-state index in [1.54, 1.807) is 18.2 Å². The SMILES string of the molecule is Cc1cc(S(=O)(=O)Nc2cc(Cl)ccc2N2CCN(C)CC2)c(C)s1. The van der Waals surface area contributed by atoms with E-state index in [2.05, 4.69) is 21.6 Å². The number of thiophene rings is 1. The van der Waals surface area contributed by atoms with Crippen LogP contribution in [0.2, 0.25) is 5.02 Å². The third-order valence-electron chi connectivity index (χ3n) is 4.33. The summed E-state index contributed by atoms with van der Waals surface area (Å²) in [6, 6.07) is 7.08. The van der Waals surface area contributed by atoms with Crippen molar-refractivity contribution in [3.8, 4) is 0 Å². The van der Waals surface area contributed by atoms with Gasteiger partial charge in [-0.05, 0) is 45.2 Å². The third-order valence-corrected chi connectivity index (χ3v) is 7.15. The second kappa shape index (κ2) is 7.15. The number of piperazine rings is 1. The summed E-state index contributed by atoms with van der Waals surface area (Å²) in [4.78, 5) is 6.55. The van der Waals surface area contributed by atoms with Crippen LogP contribution in [0, 0.1) is 13.8 Å². The summed E-state index contributed by atoms with van der Waals surface area (Å²) in [7, 11) is -1.56. The fraction of sp³-hybridized carbons (Fsp3) is 0.412. The highest BCUT2D eigenvalue weighted by Crippen LogP contribution is 2.33. The second-order valence-corrected chi connectivity index (χ2v) is 9.88. The zero-order chi connectivity index (χ0) is 18.2. The first-order valence-electron chi connectivity index (χ1n) is 8.09. The molecule has 136 valence electrons. The summed E-state index contributed by atoms with van der Waals surface area (Å²) in [6.07, 6.45) is 0. The summed E-state index contributed by atoms with van der Waals surface area (Å²) >= 11 is 7.61. The van der Waals surface area contributed by atoms with Gasteiger partial charge in [0.2, 0.25) is 0 Å². The molecule has 25 heavy (non-hydrogen) atoms. The van der Waals surface area contributed by atoms with Crippen LogP contribution >= 0.6 is 22.9 Å². The molecular formula is C17H22ClN3O2S2. The van der Waals surface area contributed by atoms with Crippen LogP contribution in [0.4, 0.5) is 11.4 Å². The molecule has 0 atom stereocenters. The molecule has 2 aromatic rings. The second-order valence-electron chi connectivity index (χ2n) is 6.33. The monoisotopic (exact) mass is 399 g/mol. The van der Waals surface area contributed by atoms with E-state index >= 15 is 0 Å². The van der Waals surface area contributed by atoms with Crippen molar-refractivity contribution in [2.24, 2.45) is 0 Å². The van der Waals surface area contributed by atoms with Crippen LogP contribution in [-0.4, -0.2) is 46.5 Å². The minimum absolute atomic E-state index is 0.333. The number of nitrogens with zero attached hydrogens (tertiary/aromatic N) is 2. The van der Waals surface area contributed by atoms with E-state index in [0.29, 0.717) is 15.6 Å². The van der Waals surface area contributed by atoms with Crippen LogP contribution in [-0.2, 0) is 10.0 Å². The fourth-order valence-electron chi connectivity index (χ4n) is 2.99. The highest BCUT2D eigenvalue weighted by atomic mass is 35.5. The molecule has 1 aromatic carbocycles. The molecule has 0 amide bonds. The number of halogens is 1. The molecule has 2 heterocycles. The number of sulfonamides is 1. The summed E-state index contributed by atoms with van der Waals surface area (Å²) < 4.78 is 28.5. The summed E-state index contributed by atoms with van der Waals surface area (Å²) in [5.74, 6) is 0. The minimum Gasteiger partial charge on any atom is -0.367 e. The molecule has 0 saturated carbocycles. The lowest BCUT2D eigenvalue weighted by Crippen LogP contribution is -2.44. The standard InChI is InChI=1S/C17H22ClN3O2S2/c1-12-10-17(13(2)24-12)25(22,23)19-15-11-14(18)4-5-16(15)21-8-6-20(3)7-9-21/h4-5,10-11,19H,6-9H2,1-3H3. The van der Waals surface area contributed by atoms with Crippen LogP contribution in [0.15, 0.2) is 29.2 Å². The van der Waals surface area contributed by atoms with Crippen molar-refractivity contribution in [3.05, 3.63) is 39.0 Å². The van der Waals surface area contributed by atoms with Gasteiger partial charge in [0.05, 0.1) is 11.4 Å². The average Bonchev–Trinajstić information content (AvgIpc) is 2.88. The first-order valence-corrected chi connectivity index (χ1v) is 10.8. The molecule has 1 fully saturated rings. The predicted molar refractivity (Wildman–Crippen MR) is 106 cm³/mol. The van der Waals surface area contributed by atoms with E-state index in [4.69, 9.17) is 11.6 Å². The molecule has 1 aliphatic heterocycles. The maximum atomic E-state index is 12.9. The van der Waals surface area contributed by atoms with Gasteiger partial charge in [0.25, 0.3) is 10.0 Å². The maximum Gasteiger partial charge on any atom is 0.263 e. The molecule has 0 unspecified atom stereocenters. The van der Waals surface area contributed by atoms with Crippen molar-refractivity contribution in [3.63, 3.8) is 0 Å². The van der Waals surface area contributed by atoms with Gasteiger partial charge in [-0.25, -0.2) is 8.42 Å². The number of anilines is 2. The molecular weight excluding hydrogens is 378 g/mol. The number of likely N-dealkylation sites (N-methyl/N-ethyl adjacent to an activating group) is 1. The first-order chi connectivity index (χ1) is 11.8. The topological polar surface area (TPSA) is 52.7 Å². The van der Waals surface area contributed by atoms with Crippen molar-refractivity contribution in [2.45, 2.75) is 18.7 Å². The van der Waals surface area contributed by atoms with Crippen molar-refractivity contribution >= 4 is 44.3 Å². The van der Waals surface area contributed by atoms with E-state index in [0.717, 1.165) is 41.6 Å². The van der Waals surface area contributed by atoms with Gasteiger partial charge in [0.1, 0.15) is 4.90 Å². The smallest absolute Gasteiger partial charge is 0.263 e. The van der Waals surface area contributed by atoms with E-state index in [-0.39, 0.29) is 0 Å². The summed E-state index contributed by atoms with van der Waals surface area (Å²) in [5, 5.41) is 0.508. The van der Waals surface area contributed by atoms with Gasteiger partial charge in [0.15, 0.2) is 0 Å². The van der Waals surface area contributed by atoms with Crippen molar-refractivity contribution < 1.29 is 8.42 Å². The molecule has 1 aliphatic rings. The summed E-state index contributed by atoms with van der Waals surface area (Å²) in [5.41, 5.74) is 1.39. The quantitative estimate of drug-likeness (QED) is 0.853. The maximum absolute atomic E-state index is 12.9. The molecule has 1 N–H and O–H groups in total. The Labute approximate surface area is 158 Å².